The molecular formula is C51H98KO9P. The van der Waals surface area contributed by atoms with Crippen molar-refractivity contribution in [1.82, 2.24) is 0 Å². The number of esters is 1. The number of aliphatic carboxylic acids is 1. The summed E-state index contributed by atoms with van der Waals surface area (Å²) < 4.78 is 34.5. The van der Waals surface area contributed by atoms with E-state index in [2.05, 4.69) is 27.4 Å². The van der Waals surface area contributed by atoms with Crippen molar-refractivity contribution in [2.75, 3.05) is 6.61 Å². The van der Waals surface area contributed by atoms with Gasteiger partial charge in [0.05, 0.1) is 6.61 Å². The average Bonchev–Trinajstić information content (AvgIpc) is 3.23. The zero-order chi connectivity index (χ0) is 44.9. The Hall–Kier alpha value is -0.224. The first-order chi connectivity index (χ1) is 29.7. The summed E-state index contributed by atoms with van der Waals surface area (Å²) in [4.78, 5) is 36.5. The number of carboxylic acids is 1. The average molecular weight is 925 g/mol. The summed E-state index contributed by atoms with van der Waals surface area (Å²) in [6.45, 7) is 9.99. The summed E-state index contributed by atoms with van der Waals surface area (Å²) in [6.07, 6.45) is 46.1. The first-order valence-corrected chi connectivity index (χ1v) is 27.4. The van der Waals surface area contributed by atoms with Gasteiger partial charge in [0, 0.05) is 12.8 Å². The Morgan fingerprint density at radius 3 is 1.18 bits per heavy atom. The predicted octanol–water partition coefficient (Wildman–Crippen LogP) is 14.4. The minimum absolute atomic E-state index is 0. The maximum Gasteiger partial charge on any atom is 1.00 e. The molecule has 0 radical (unpaired) electrons. The number of hydrogen-bond donors (Lipinski definition) is 1. The molecule has 1 N–H and O–H groups in total. The van der Waals surface area contributed by atoms with Gasteiger partial charge in [-0.25, -0.2) is 9.36 Å². The second kappa shape index (κ2) is 48.7. The molecule has 0 saturated heterocycles. The van der Waals surface area contributed by atoms with Gasteiger partial charge in [-0.3, -0.25) is 14.1 Å². The number of rotatable bonds is 49. The molecule has 2 unspecified atom stereocenters. The summed E-state index contributed by atoms with van der Waals surface area (Å²) >= 11 is 0. The molecule has 0 aromatic rings. The van der Waals surface area contributed by atoms with Gasteiger partial charge in [-0.2, -0.15) is 0 Å². The van der Waals surface area contributed by atoms with E-state index >= 15 is 0 Å². The minimum atomic E-state index is -4.46. The fraction of sp³-hybridized carbons (Fsp3) is 0.902. The maximum absolute atomic E-state index is 13.2. The van der Waals surface area contributed by atoms with E-state index in [9.17, 15) is 24.1 Å². The van der Waals surface area contributed by atoms with E-state index in [-0.39, 0.29) is 77.9 Å². The Morgan fingerprint density at radius 2 is 0.790 bits per heavy atom. The van der Waals surface area contributed by atoms with Crippen LogP contribution in [0.4, 0.5) is 0 Å². The van der Waals surface area contributed by atoms with Gasteiger partial charge in [-0.15, -0.1) is 0 Å². The molecule has 2 atom stereocenters. The molecule has 0 fully saturated rings. The van der Waals surface area contributed by atoms with Crippen LogP contribution < -0.4 is 51.4 Å². The molecule has 0 aliphatic rings. The fourth-order valence-corrected chi connectivity index (χ4v) is 9.00. The van der Waals surface area contributed by atoms with Crippen molar-refractivity contribution in [1.29, 1.82) is 0 Å². The molecule has 0 heterocycles. The van der Waals surface area contributed by atoms with Crippen molar-refractivity contribution in [3.05, 3.63) is 12.3 Å². The molecule has 0 rings (SSSR count). The summed E-state index contributed by atoms with van der Waals surface area (Å²) in [7, 11) is -4.46. The Morgan fingerprint density at radius 1 is 0.468 bits per heavy atom. The third kappa shape index (κ3) is 45.0. The van der Waals surface area contributed by atoms with Gasteiger partial charge in [-0.1, -0.05) is 233 Å². The number of carbonyl (C=O) groups excluding carboxylic acids is 2. The first-order valence-electron chi connectivity index (χ1n) is 26.0. The van der Waals surface area contributed by atoms with Crippen molar-refractivity contribution in [2.24, 2.45) is 0 Å². The fourth-order valence-electron chi connectivity index (χ4n) is 7.82. The van der Waals surface area contributed by atoms with Crippen LogP contribution >= 0.6 is 7.82 Å². The summed E-state index contributed by atoms with van der Waals surface area (Å²) in [5.41, 5.74) is 0. The number of phosphoric acid groups is 1. The van der Waals surface area contributed by atoms with Crippen molar-refractivity contribution in [3.63, 3.8) is 0 Å². The van der Waals surface area contributed by atoms with Crippen LogP contribution in [0.15, 0.2) is 12.3 Å². The Bertz CT molecular complexity index is 1100. The van der Waals surface area contributed by atoms with E-state index in [1.807, 2.05) is 0 Å². The Kier molecular flexibility index (Phi) is 50.2. The van der Waals surface area contributed by atoms with E-state index < -0.39 is 25.5 Å². The third-order valence-electron chi connectivity index (χ3n) is 11.7. The molecule has 0 aromatic heterocycles. The molecule has 11 heteroatoms. The molecule has 62 heavy (non-hydrogen) atoms. The normalized spacial score (nSPS) is 12.6. The maximum atomic E-state index is 13.2. The van der Waals surface area contributed by atoms with Crippen molar-refractivity contribution in [2.45, 2.75) is 290 Å². The topological polar surface area (TPSA) is 125 Å². The van der Waals surface area contributed by atoms with Gasteiger partial charge in [0.1, 0.15) is 6.10 Å². The molecular weight excluding hydrogens is 827 g/mol. The third-order valence-corrected chi connectivity index (χ3v) is 13.1. The monoisotopic (exact) mass is 925 g/mol. The van der Waals surface area contributed by atoms with Crippen LogP contribution in [0.2, 0.25) is 0 Å². The number of unbranched alkanes of at least 4 members (excludes halogenated alkanes) is 33. The van der Waals surface area contributed by atoms with Crippen LogP contribution in [0.25, 0.3) is 0 Å². The standard InChI is InChI=1S/C51H97O9P.K.H/c1-5-8-11-13-15-17-19-21-23-24-26-28-30-35-39-44-49(52)58-48(42-10-7-3)43-38-34-31-32-36-40-45-50(53)60-61(56,59-47(4)51(54)55)57-46-41-37-33-29-27-25-22-20-18-16-14-12-9-6-2;;/h48H,4-46H2,1-3H3,(H,54,55);;/q;+1;-1. The molecule has 0 spiro atoms. The number of hydrogen-bond acceptors (Lipinski definition) is 8. The van der Waals surface area contributed by atoms with E-state index in [1.165, 1.54) is 148 Å². The van der Waals surface area contributed by atoms with Crippen molar-refractivity contribution in [3.8, 4) is 0 Å². The quantitative estimate of drug-likeness (QED) is 0.0158. The second-order valence-electron chi connectivity index (χ2n) is 17.8. The van der Waals surface area contributed by atoms with Gasteiger partial charge >= 0.3 is 77.1 Å². The molecule has 9 nitrogen and oxygen atoms in total. The number of carboxylic acid groups (broad SMARTS) is 1. The van der Waals surface area contributed by atoms with Gasteiger partial charge in [0.25, 0.3) is 0 Å². The van der Waals surface area contributed by atoms with Gasteiger partial charge in [0.15, 0.2) is 0 Å². The molecule has 0 aliphatic heterocycles. The molecule has 0 aromatic carbocycles. The molecule has 362 valence electrons. The predicted molar refractivity (Wildman–Crippen MR) is 255 cm³/mol. The smallest absolute Gasteiger partial charge is 1.00 e. The molecule has 0 amide bonds. The van der Waals surface area contributed by atoms with Crippen LogP contribution in [0.3, 0.4) is 0 Å². The minimum Gasteiger partial charge on any atom is -1.00 e. The van der Waals surface area contributed by atoms with Crippen LogP contribution in [0, 0.1) is 0 Å². The summed E-state index contributed by atoms with van der Waals surface area (Å²) in [5, 5.41) is 9.19. The van der Waals surface area contributed by atoms with E-state index in [1.54, 1.807) is 0 Å². The summed E-state index contributed by atoms with van der Waals surface area (Å²) in [6, 6.07) is 0. The molecule has 0 aliphatic carbocycles. The van der Waals surface area contributed by atoms with Crippen LogP contribution in [-0.2, 0) is 37.3 Å². The second-order valence-corrected chi connectivity index (χ2v) is 19.3. The number of carbonyl (C=O) groups is 3. The largest absolute Gasteiger partial charge is 1.00 e. The Labute approximate surface area is 426 Å². The van der Waals surface area contributed by atoms with E-state index in [0.717, 1.165) is 89.9 Å². The van der Waals surface area contributed by atoms with Crippen molar-refractivity contribution < 1.29 is 95.2 Å². The first kappa shape index (κ1) is 63.9. The van der Waals surface area contributed by atoms with E-state index in [0.29, 0.717) is 19.3 Å². The number of ether oxygens (including phenoxy) is 1. The van der Waals surface area contributed by atoms with E-state index in [4.69, 9.17) is 18.3 Å². The van der Waals surface area contributed by atoms with Crippen molar-refractivity contribution >= 4 is 25.7 Å². The molecule has 0 saturated carbocycles. The van der Waals surface area contributed by atoms with Crippen LogP contribution in [0.5, 0.6) is 0 Å². The van der Waals surface area contributed by atoms with Gasteiger partial charge in [0.2, 0.25) is 5.76 Å². The summed E-state index contributed by atoms with van der Waals surface area (Å²) in [5.74, 6) is -3.08. The van der Waals surface area contributed by atoms with Crippen LogP contribution in [-0.4, -0.2) is 35.7 Å². The zero-order valence-corrected chi connectivity index (χ0v) is 45.2. The Balaban J connectivity index is -0.0000180. The van der Waals surface area contributed by atoms with Crippen LogP contribution in [0.1, 0.15) is 285 Å². The van der Waals surface area contributed by atoms with Gasteiger partial charge in [-0.05, 0) is 45.1 Å². The number of phosphoric ester groups is 1. The zero-order valence-electron chi connectivity index (χ0n) is 42.1. The van der Waals surface area contributed by atoms with Gasteiger partial charge < -0.3 is 20.3 Å². The molecule has 0 bridgehead atoms. The SMILES string of the molecule is C=C(OP(=O)(OCCCCCCCCCCCCCCCC)OC(=O)CCCCCCCCC(CCCC)OC(=O)CCCCCCCCCCCCCCCCC)C(=O)O.[H-].[K+].